The molecule has 0 spiro atoms. The molecule has 142 valence electrons. The van der Waals surface area contributed by atoms with E-state index in [9.17, 15) is 14.7 Å². The summed E-state index contributed by atoms with van der Waals surface area (Å²) >= 11 is 8.04. The van der Waals surface area contributed by atoms with Crippen LogP contribution in [0.25, 0.3) is 6.08 Å². The molecule has 0 aromatic carbocycles. The number of hydrogen-bond donors (Lipinski definition) is 1. The van der Waals surface area contributed by atoms with Gasteiger partial charge >= 0.3 is 5.97 Å². The zero-order valence-corrected chi connectivity index (χ0v) is 18.1. The number of amides is 1. The van der Waals surface area contributed by atoms with E-state index in [2.05, 4.69) is 18.4 Å². The fraction of sp³-hybridized carbons (Fsp3) is 0.500. The molecule has 0 radical (unpaired) electrons. The maximum Gasteiger partial charge on any atom is 0.326 e. The molecule has 1 saturated heterocycles. The Labute approximate surface area is 168 Å². The Morgan fingerprint density at radius 1 is 1.42 bits per heavy atom. The van der Waals surface area contributed by atoms with E-state index in [0.717, 1.165) is 17.0 Å². The number of nitrogens with zero attached hydrogens (tertiary/aromatic N) is 2. The van der Waals surface area contributed by atoms with Crippen LogP contribution in [0.1, 0.15) is 43.3 Å². The summed E-state index contributed by atoms with van der Waals surface area (Å²) in [6.07, 6.45) is 4.11. The molecule has 5 nitrogen and oxygen atoms in total. The van der Waals surface area contributed by atoms with Crippen LogP contribution < -0.4 is 0 Å². The third-order valence-corrected chi connectivity index (χ3v) is 6.32. The molecule has 1 amide bonds. The van der Waals surface area contributed by atoms with Crippen LogP contribution in [0.3, 0.4) is 0 Å². The summed E-state index contributed by atoms with van der Waals surface area (Å²) in [5.41, 5.74) is 3.18. The van der Waals surface area contributed by atoms with Crippen molar-refractivity contribution in [2.24, 2.45) is 0 Å². The molecule has 1 atom stereocenters. The van der Waals surface area contributed by atoms with E-state index in [0.29, 0.717) is 27.4 Å². The van der Waals surface area contributed by atoms with Gasteiger partial charge in [0.2, 0.25) is 0 Å². The number of carbonyl (C=O) groups is 2. The highest BCUT2D eigenvalue weighted by atomic mass is 32.2. The van der Waals surface area contributed by atoms with Gasteiger partial charge in [-0.1, -0.05) is 24.0 Å². The molecule has 2 rings (SSSR count). The van der Waals surface area contributed by atoms with Crippen molar-refractivity contribution in [3.63, 3.8) is 0 Å². The summed E-state index contributed by atoms with van der Waals surface area (Å²) in [6, 6.07) is 1.46. The van der Waals surface area contributed by atoms with Crippen LogP contribution in [0.4, 0.5) is 0 Å². The van der Waals surface area contributed by atoms with Crippen molar-refractivity contribution >= 4 is 58.0 Å². The Hall–Kier alpha value is -1.25. The number of carboxylic acids is 1. The third kappa shape index (κ3) is 4.18. The van der Waals surface area contributed by atoms with Crippen molar-refractivity contribution in [1.29, 1.82) is 0 Å². The van der Waals surface area contributed by atoms with Gasteiger partial charge in [-0.25, -0.2) is 4.79 Å². The highest BCUT2D eigenvalue weighted by molar-refractivity contribution is 8.26. The highest BCUT2D eigenvalue weighted by Crippen LogP contribution is 2.36. The van der Waals surface area contributed by atoms with Crippen molar-refractivity contribution in [2.75, 3.05) is 12.0 Å². The second-order valence-electron chi connectivity index (χ2n) is 6.48. The number of aryl methyl sites for hydroxylation is 1. The second-order valence-corrected chi connectivity index (χ2v) is 9.14. The molecule has 0 unspecified atom stereocenters. The Kier molecular flexibility index (Phi) is 6.99. The standard InChI is InChI=1S/C18H24N2O3S3/c1-10(2)19-11(3)8-13(12(19)4)9-15-16(21)20(18(24)26-15)14(17(22)23)6-7-25-5/h8-10,14H,6-7H2,1-5H3,(H,22,23)/b15-9+/t14-/m0/s1. The fourth-order valence-corrected chi connectivity index (χ4v) is 5.03. The lowest BCUT2D eigenvalue weighted by Gasteiger charge is -2.22. The quantitative estimate of drug-likeness (QED) is 0.537. The Morgan fingerprint density at radius 2 is 2.08 bits per heavy atom. The number of carboxylic acid groups (broad SMARTS) is 1. The maximum atomic E-state index is 12.8. The molecule has 2 heterocycles. The minimum atomic E-state index is -1.02. The molecule has 1 fully saturated rings. The minimum Gasteiger partial charge on any atom is -0.480 e. The summed E-state index contributed by atoms with van der Waals surface area (Å²) in [5.74, 6) is -0.680. The molecule has 1 aliphatic rings. The molecule has 8 heteroatoms. The Bertz CT molecular complexity index is 768. The van der Waals surface area contributed by atoms with E-state index in [1.165, 1.54) is 16.7 Å². The number of carbonyl (C=O) groups excluding carboxylic acids is 1. The van der Waals surface area contributed by atoms with Gasteiger partial charge in [0.05, 0.1) is 4.91 Å². The summed E-state index contributed by atoms with van der Waals surface area (Å²) in [6.45, 7) is 8.30. The molecule has 1 aliphatic heterocycles. The predicted octanol–water partition coefficient (Wildman–Crippen LogP) is 4.09. The largest absolute Gasteiger partial charge is 0.480 e. The van der Waals surface area contributed by atoms with Crippen LogP contribution in [0.15, 0.2) is 11.0 Å². The smallest absolute Gasteiger partial charge is 0.326 e. The first kappa shape index (κ1) is 21.1. The van der Waals surface area contributed by atoms with Gasteiger partial charge in [-0.05, 0) is 63.8 Å². The van der Waals surface area contributed by atoms with Crippen LogP contribution in [0.2, 0.25) is 0 Å². The minimum absolute atomic E-state index is 0.312. The summed E-state index contributed by atoms with van der Waals surface area (Å²) < 4.78 is 2.53. The SMILES string of the molecule is CSCC[C@@H](C(=O)O)N1C(=O)/C(=C\c2cc(C)n(C(C)C)c2C)SC1=S. The first-order valence-electron chi connectivity index (χ1n) is 8.36. The molecule has 0 aliphatic carbocycles. The molecule has 1 aromatic heterocycles. The van der Waals surface area contributed by atoms with E-state index >= 15 is 0 Å². The van der Waals surface area contributed by atoms with Gasteiger partial charge < -0.3 is 9.67 Å². The number of thiocarbonyl (C=S) groups is 1. The third-order valence-electron chi connectivity index (χ3n) is 4.34. The topological polar surface area (TPSA) is 62.5 Å². The van der Waals surface area contributed by atoms with Gasteiger partial charge in [0.25, 0.3) is 5.91 Å². The lowest BCUT2D eigenvalue weighted by molar-refractivity contribution is -0.145. The molecule has 1 aromatic rings. The van der Waals surface area contributed by atoms with Gasteiger partial charge in [-0.3, -0.25) is 9.69 Å². The fourth-order valence-electron chi connectivity index (χ4n) is 3.23. The Balaban J connectivity index is 2.35. The van der Waals surface area contributed by atoms with Crippen LogP contribution in [0, 0.1) is 13.8 Å². The normalized spacial score (nSPS) is 17.6. The molecular formula is C18H24N2O3S3. The van der Waals surface area contributed by atoms with Gasteiger partial charge in [0.15, 0.2) is 0 Å². The van der Waals surface area contributed by atoms with Crippen molar-refractivity contribution in [2.45, 2.75) is 46.2 Å². The van der Waals surface area contributed by atoms with E-state index in [-0.39, 0.29) is 5.91 Å². The van der Waals surface area contributed by atoms with Crippen LogP contribution in [0.5, 0.6) is 0 Å². The van der Waals surface area contributed by atoms with Crippen LogP contribution >= 0.6 is 35.7 Å². The number of thioether (sulfide) groups is 2. The van der Waals surface area contributed by atoms with Crippen molar-refractivity contribution < 1.29 is 14.7 Å². The van der Waals surface area contributed by atoms with Crippen molar-refractivity contribution in [3.8, 4) is 0 Å². The first-order valence-corrected chi connectivity index (χ1v) is 11.0. The molecule has 0 saturated carbocycles. The number of hydrogen-bond acceptors (Lipinski definition) is 5. The number of aromatic nitrogens is 1. The number of aliphatic carboxylic acids is 1. The van der Waals surface area contributed by atoms with Gasteiger partial charge in [0.1, 0.15) is 10.4 Å². The molecule has 26 heavy (non-hydrogen) atoms. The average Bonchev–Trinajstić information content (AvgIpc) is 2.97. The summed E-state index contributed by atoms with van der Waals surface area (Å²) in [7, 11) is 0. The van der Waals surface area contributed by atoms with E-state index in [4.69, 9.17) is 12.2 Å². The summed E-state index contributed by atoms with van der Waals surface area (Å²) in [4.78, 5) is 26.2. The zero-order chi connectivity index (χ0) is 19.6. The predicted molar refractivity (Wildman–Crippen MR) is 114 cm³/mol. The monoisotopic (exact) mass is 412 g/mol. The van der Waals surface area contributed by atoms with Gasteiger partial charge in [0, 0.05) is 17.4 Å². The molecule has 1 N–H and O–H groups in total. The van der Waals surface area contributed by atoms with Crippen LogP contribution in [-0.2, 0) is 9.59 Å². The molecular weight excluding hydrogens is 388 g/mol. The first-order chi connectivity index (χ1) is 12.2. The van der Waals surface area contributed by atoms with E-state index < -0.39 is 12.0 Å². The van der Waals surface area contributed by atoms with Gasteiger partial charge in [-0.2, -0.15) is 11.8 Å². The van der Waals surface area contributed by atoms with Crippen molar-refractivity contribution in [1.82, 2.24) is 9.47 Å². The zero-order valence-electron chi connectivity index (χ0n) is 15.6. The summed E-state index contributed by atoms with van der Waals surface area (Å²) in [5, 5.41) is 9.52. The molecule has 0 bridgehead atoms. The second kappa shape index (κ2) is 8.63. The van der Waals surface area contributed by atoms with E-state index in [1.54, 1.807) is 11.8 Å². The maximum absolute atomic E-state index is 12.8. The van der Waals surface area contributed by atoms with Crippen LogP contribution in [-0.4, -0.2) is 48.8 Å². The Morgan fingerprint density at radius 3 is 2.58 bits per heavy atom. The lowest BCUT2D eigenvalue weighted by atomic mass is 10.2. The average molecular weight is 413 g/mol. The number of rotatable bonds is 7. The van der Waals surface area contributed by atoms with E-state index in [1.807, 2.05) is 32.2 Å². The highest BCUT2D eigenvalue weighted by Gasteiger charge is 2.40. The van der Waals surface area contributed by atoms with Gasteiger partial charge in [-0.15, -0.1) is 0 Å². The lowest BCUT2D eigenvalue weighted by Crippen LogP contribution is -2.44. The van der Waals surface area contributed by atoms with Crippen molar-refractivity contribution in [3.05, 3.63) is 27.9 Å².